The van der Waals surface area contributed by atoms with Gasteiger partial charge in [-0.3, -0.25) is 0 Å². The molecule has 0 atom stereocenters. The highest BCUT2D eigenvalue weighted by Crippen LogP contribution is 2.25. The second-order valence-corrected chi connectivity index (χ2v) is 10.1. The summed E-state index contributed by atoms with van der Waals surface area (Å²) in [5, 5.41) is 6.99. The second-order valence-electron chi connectivity index (χ2n) is 8.26. The van der Waals surface area contributed by atoms with Gasteiger partial charge in [-0.15, -0.1) is 11.3 Å². The Balaban J connectivity index is 1.15. The first-order chi connectivity index (χ1) is 17.1. The maximum atomic E-state index is 12.9. The second kappa shape index (κ2) is 10.4. The summed E-state index contributed by atoms with van der Waals surface area (Å²) in [5.74, 6) is 1.63. The van der Waals surface area contributed by atoms with Gasteiger partial charge in [0.2, 0.25) is 5.13 Å². The van der Waals surface area contributed by atoms with E-state index >= 15 is 0 Å². The summed E-state index contributed by atoms with van der Waals surface area (Å²) >= 11 is 3.03. The summed E-state index contributed by atoms with van der Waals surface area (Å²) in [6.07, 6.45) is 0.662. The molecule has 5 rings (SSSR count). The highest BCUT2D eigenvalue weighted by atomic mass is 32.1. The summed E-state index contributed by atoms with van der Waals surface area (Å²) in [6, 6.07) is 15.7. The van der Waals surface area contributed by atoms with Gasteiger partial charge >= 0.3 is 6.03 Å². The lowest BCUT2D eigenvalue weighted by molar-refractivity contribution is 0.208. The van der Waals surface area contributed by atoms with Crippen molar-refractivity contribution in [3.63, 3.8) is 0 Å². The first kappa shape index (κ1) is 23.3. The van der Waals surface area contributed by atoms with Crippen LogP contribution in [0.5, 0.6) is 5.75 Å². The van der Waals surface area contributed by atoms with Crippen molar-refractivity contribution in [2.45, 2.75) is 13.3 Å². The smallest absolute Gasteiger partial charge is 0.321 e. The summed E-state index contributed by atoms with van der Waals surface area (Å²) in [4.78, 5) is 26.2. The molecule has 35 heavy (non-hydrogen) atoms. The Bertz CT molecular complexity index is 1310. The molecule has 2 aromatic heterocycles. The van der Waals surface area contributed by atoms with Crippen LogP contribution in [-0.2, 0) is 6.42 Å². The fourth-order valence-electron chi connectivity index (χ4n) is 3.97. The lowest BCUT2D eigenvalue weighted by Gasteiger charge is -2.34. The number of anilines is 2. The van der Waals surface area contributed by atoms with Crippen LogP contribution >= 0.6 is 22.9 Å². The number of aryl methyl sites for hydroxylation is 1. The third-order valence-corrected chi connectivity index (χ3v) is 7.41. The predicted octanol–water partition coefficient (Wildman–Crippen LogP) is 4.92. The lowest BCUT2D eigenvalue weighted by atomic mass is 10.1. The number of thiazole rings is 1. The monoisotopic (exact) mass is 506 g/mol. The topological polar surface area (TPSA) is 83.5 Å². The van der Waals surface area contributed by atoms with Crippen LogP contribution in [0.4, 0.5) is 15.6 Å². The standard InChI is InChI=1S/C25H26N6O2S2/c1-17-26-22(16-34-17)19-6-4-7-20(15-19)27-24(32)30-9-11-31(12-10-30)25-28-23(29-35-25)14-18-5-3-8-21(13-18)33-2/h3-8,13,15-16H,9-12,14H2,1-2H3,(H,27,32). The number of aromatic nitrogens is 3. The average Bonchev–Trinajstić information content (AvgIpc) is 3.53. The van der Waals surface area contributed by atoms with E-state index in [-0.39, 0.29) is 6.03 Å². The molecule has 180 valence electrons. The Kier molecular flexibility index (Phi) is 6.91. The minimum atomic E-state index is -0.0905. The van der Waals surface area contributed by atoms with Crippen LogP contribution < -0.4 is 15.0 Å². The van der Waals surface area contributed by atoms with E-state index in [1.165, 1.54) is 11.5 Å². The molecule has 4 aromatic rings. The largest absolute Gasteiger partial charge is 0.497 e. The maximum absolute atomic E-state index is 12.9. The Labute approximate surface area is 212 Å². The molecule has 2 amide bonds. The van der Waals surface area contributed by atoms with Crippen LogP contribution in [0.2, 0.25) is 0 Å². The number of piperazine rings is 1. The van der Waals surface area contributed by atoms with Crippen molar-refractivity contribution in [2.75, 3.05) is 43.5 Å². The van der Waals surface area contributed by atoms with E-state index in [9.17, 15) is 4.79 Å². The van der Waals surface area contributed by atoms with Gasteiger partial charge in [0, 0.05) is 60.8 Å². The molecule has 8 nitrogen and oxygen atoms in total. The number of methoxy groups -OCH3 is 1. The molecule has 0 radical (unpaired) electrons. The first-order valence-electron chi connectivity index (χ1n) is 11.4. The fourth-order valence-corrected chi connectivity index (χ4v) is 5.32. The van der Waals surface area contributed by atoms with Crippen molar-refractivity contribution < 1.29 is 9.53 Å². The van der Waals surface area contributed by atoms with Crippen molar-refractivity contribution in [1.82, 2.24) is 19.2 Å². The predicted molar refractivity (Wildman–Crippen MR) is 141 cm³/mol. The zero-order chi connectivity index (χ0) is 24.2. The van der Waals surface area contributed by atoms with Gasteiger partial charge in [-0.05, 0) is 36.8 Å². The van der Waals surface area contributed by atoms with Crippen molar-refractivity contribution in [3.05, 3.63) is 70.3 Å². The van der Waals surface area contributed by atoms with E-state index in [0.717, 1.165) is 57.3 Å². The molecule has 3 heterocycles. The van der Waals surface area contributed by atoms with E-state index in [1.807, 2.05) is 65.7 Å². The molecule has 1 aliphatic rings. The van der Waals surface area contributed by atoms with E-state index in [2.05, 4.69) is 19.6 Å². The molecular formula is C25H26N6O2S2. The van der Waals surface area contributed by atoms with Crippen molar-refractivity contribution in [1.29, 1.82) is 0 Å². The van der Waals surface area contributed by atoms with Gasteiger partial charge in [0.15, 0.2) is 0 Å². The zero-order valence-electron chi connectivity index (χ0n) is 19.6. The van der Waals surface area contributed by atoms with Gasteiger partial charge in [0.1, 0.15) is 11.6 Å². The van der Waals surface area contributed by atoms with Gasteiger partial charge in [-0.2, -0.15) is 4.37 Å². The number of hydrogen-bond acceptors (Lipinski definition) is 8. The molecule has 1 N–H and O–H groups in total. The Hall–Kier alpha value is -3.50. The molecule has 1 saturated heterocycles. The van der Waals surface area contributed by atoms with E-state index < -0.39 is 0 Å². The molecule has 0 unspecified atom stereocenters. The molecule has 10 heteroatoms. The number of nitrogens with zero attached hydrogens (tertiary/aromatic N) is 5. The Morgan fingerprint density at radius 2 is 1.91 bits per heavy atom. The highest BCUT2D eigenvalue weighted by molar-refractivity contribution is 7.10. The normalized spacial score (nSPS) is 13.7. The molecule has 2 aromatic carbocycles. The van der Waals surface area contributed by atoms with Crippen molar-refractivity contribution >= 4 is 39.7 Å². The Morgan fingerprint density at radius 3 is 2.69 bits per heavy atom. The zero-order valence-corrected chi connectivity index (χ0v) is 21.2. The van der Waals surface area contributed by atoms with Crippen LogP contribution in [0.1, 0.15) is 16.4 Å². The lowest BCUT2D eigenvalue weighted by Crippen LogP contribution is -2.50. The van der Waals surface area contributed by atoms with E-state index in [1.54, 1.807) is 18.4 Å². The van der Waals surface area contributed by atoms with Gasteiger partial charge in [0.05, 0.1) is 17.8 Å². The highest BCUT2D eigenvalue weighted by Gasteiger charge is 2.23. The van der Waals surface area contributed by atoms with Crippen LogP contribution in [0, 0.1) is 6.92 Å². The third kappa shape index (κ3) is 5.60. The quantitative estimate of drug-likeness (QED) is 0.400. The van der Waals surface area contributed by atoms with E-state index in [0.29, 0.717) is 19.5 Å². The van der Waals surface area contributed by atoms with Gasteiger partial charge in [-0.1, -0.05) is 24.3 Å². The molecule has 1 fully saturated rings. The van der Waals surface area contributed by atoms with E-state index in [4.69, 9.17) is 9.72 Å². The summed E-state index contributed by atoms with van der Waals surface area (Å²) in [6.45, 7) is 4.69. The minimum absolute atomic E-state index is 0.0905. The summed E-state index contributed by atoms with van der Waals surface area (Å²) in [7, 11) is 1.67. The molecule has 0 bridgehead atoms. The SMILES string of the molecule is COc1cccc(Cc2nsc(N3CCN(C(=O)Nc4cccc(-c5csc(C)n5)c4)CC3)n2)c1. The molecule has 0 spiro atoms. The van der Waals surface area contributed by atoms with Crippen molar-refractivity contribution in [3.8, 4) is 17.0 Å². The fraction of sp³-hybridized carbons (Fsp3) is 0.280. The molecular weight excluding hydrogens is 480 g/mol. The number of benzene rings is 2. The number of ether oxygens (including phenoxy) is 1. The number of carbonyl (C=O) groups excluding carboxylic acids is 1. The van der Waals surface area contributed by atoms with Gasteiger partial charge in [0.25, 0.3) is 0 Å². The average molecular weight is 507 g/mol. The molecule has 1 aliphatic heterocycles. The van der Waals surface area contributed by atoms with Crippen LogP contribution in [-0.4, -0.2) is 58.6 Å². The first-order valence-corrected chi connectivity index (χ1v) is 13.0. The molecule has 0 aliphatic carbocycles. The van der Waals surface area contributed by atoms with Crippen LogP contribution in [0.3, 0.4) is 0 Å². The Morgan fingerprint density at radius 1 is 1.09 bits per heavy atom. The van der Waals surface area contributed by atoms with Crippen LogP contribution in [0.25, 0.3) is 11.3 Å². The number of hydrogen-bond donors (Lipinski definition) is 1. The number of carbonyl (C=O) groups is 1. The van der Waals surface area contributed by atoms with Gasteiger partial charge in [-0.25, -0.2) is 14.8 Å². The van der Waals surface area contributed by atoms with Crippen LogP contribution in [0.15, 0.2) is 53.9 Å². The number of urea groups is 1. The summed E-state index contributed by atoms with van der Waals surface area (Å²) < 4.78 is 9.84. The third-order valence-electron chi connectivity index (χ3n) is 5.82. The molecule has 0 saturated carbocycles. The summed E-state index contributed by atoms with van der Waals surface area (Å²) in [5.41, 5.74) is 3.81. The van der Waals surface area contributed by atoms with Gasteiger partial charge < -0.3 is 19.9 Å². The number of rotatable bonds is 6. The number of nitrogens with one attached hydrogen (secondary N) is 1. The number of amides is 2. The van der Waals surface area contributed by atoms with Crippen molar-refractivity contribution in [2.24, 2.45) is 0 Å². The maximum Gasteiger partial charge on any atom is 0.321 e. The minimum Gasteiger partial charge on any atom is -0.497 e.